The molecular weight excluding hydrogens is 304 g/mol. The molecule has 20 heavy (non-hydrogen) atoms. The van der Waals surface area contributed by atoms with Gasteiger partial charge >= 0.3 is 6.03 Å². The Labute approximate surface area is 123 Å². The molecule has 8 heteroatoms. The van der Waals surface area contributed by atoms with E-state index in [0.29, 0.717) is 18.0 Å². The van der Waals surface area contributed by atoms with E-state index in [0.717, 1.165) is 0 Å². The average molecular weight is 321 g/mol. The van der Waals surface area contributed by atoms with Crippen LogP contribution >= 0.6 is 11.6 Å². The quantitative estimate of drug-likeness (QED) is 0.770. The molecule has 1 atom stereocenters. The van der Waals surface area contributed by atoms with Crippen molar-refractivity contribution < 1.29 is 18.3 Å². The Balaban J connectivity index is 3.07. The number of sulfonamides is 1. The topological polar surface area (TPSA) is 95.5 Å². The number of amides is 2. The van der Waals surface area contributed by atoms with Gasteiger partial charge in [0.2, 0.25) is 0 Å². The summed E-state index contributed by atoms with van der Waals surface area (Å²) in [6.07, 6.45) is -0.341. The number of urea groups is 1. The van der Waals surface area contributed by atoms with Crippen molar-refractivity contribution in [2.24, 2.45) is 0 Å². The fourth-order valence-electron chi connectivity index (χ4n) is 1.54. The molecule has 2 amide bonds. The molecule has 1 aromatic rings. The van der Waals surface area contributed by atoms with Crippen LogP contribution < -0.4 is 10.0 Å². The monoisotopic (exact) mass is 320 g/mol. The lowest BCUT2D eigenvalue weighted by Gasteiger charge is -2.14. The molecular formula is C12H17ClN2O4S. The fourth-order valence-corrected chi connectivity index (χ4v) is 2.94. The molecule has 0 heterocycles. The first-order valence-corrected chi connectivity index (χ1v) is 7.92. The zero-order valence-corrected chi connectivity index (χ0v) is 12.8. The first-order valence-electron chi connectivity index (χ1n) is 6.06. The number of carbonyl (C=O) groups excluding carboxylic acids is 1. The van der Waals surface area contributed by atoms with Crippen molar-refractivity contribution in [3.63, 3.8) is 0 Å². The number of halogens is 1. The third-order valence-corrected chi connectivity index (χ3v) is 4.11. The Hall–Kier alpha value is -1.31. The molecule has 0 aliphatic rings. The van der Waals surface area contributed by atoms with E-state index in [1.807, 2.05) is 11.6 Å². The van der Waals surface area contributed by atoms with Crippen LogP contribution in [-0.4, -0.2) is 26.1 Å². The lowest BCUT2D eigenvalue weighted by atomic mass is 10.1. The minimum absolute atomic E-state index is 0.133. The summed E-state index contributed by atoms with van der Waals surface area (Å²) in [5, 5.41) is 12.3. The van der Waals surface area contributed by atoms with E-state index in [2.05, 4.69) is 5.32 Å². The van der Waals surface area contributed by atoms with Gasteiger partial charge in [0.25, 0.3) is 10.0 Å². The molecule has 0 saturated carbocycles. The maximum Gasteiger partial charge on any atom is 0.328 e. The molecule has 0 saturated heterocycles. The number of carbonyl (C=O) groups is 1. The Morgan fingerprint density at radius 2 is 2.10 bits per heavy atom. The summed E-state index contributed by atoms with van der Waals surface area (Å²) in [7, 11) is -4.06. The Morgan fingerprint density at radius 3 is 2.65 bits per heavy atom. The normalized spacial score (nSPS) is 12.8. The Bertz CT molecular complexity index is 587. The summed E-state index contributed by atoms with van der Waals surface area (Å²) in [6.45, 7) is 3.63. The highest BCUT2D eigenvalue weighted by molar-refractivity contribution is 7.90. The molecule has 112 valence electrons. The highest BCUT2D eigenvalue weighted by Crippen LogP contribution is 2.25. The van der Waals surface area contributed by atoms with E-state index in [1.165, 1.54) is 25.1 Å². The zero-order valence-electron chi connectivity index (χ0n) is 11.2. The van der Waals surface area contributed by atoms with Crippen LogP contribution in [0.4, 0.5) is 4.79 Å². The molecule has 3 N–H and O–H groups in total. The van der Waals surface area contributed by atoms with Crippen molar-refractivity contribution in [3.05, 3.63) is 28.8 Å². The van der Waals surface area contributed by atoms with Crippen molar-refractivity contribution in [3.8, 4) is 0 Å². The van der Waals surface area contributed by atoms with Gasteiger partial charge in [0.15, 0.2) is 0 Å². The standard InChI is InChI=1S/C12H17ClN2O4S/c1-3-6-14-12(17)15-20(18,19)11-5-4-9(13)7-10(11)8(2)16/h4-5,7-8,16H,3,6H2,1-2H3,(H2,14,15,17). The van der Waals surface area contributed by atoms with Gasteiger partial charge in [-0.3, -0.25) is 0 Å². The van der Waals surface area contributed by atoms with Crippen LogP contribution in [0.25, 0.3) is 0 Å². The van der Waals surface area contributed by atoms with Crippen molar-refractivity contribution in [2.75, 3.05) is 6.54 Å². The molecule has 0 aliphatic heterocycles. The van der Waals surface area contributed by atoms with Gasteiger partial charge in [-0.15, -0.1) is 0 Å². The van der Waals surface area contributed by atoms with Crippen LogP contribution in [0, 0.1) is 0 Å². The van der Waals surface area contributed by atoms with Crippen molar-refractivity contribution >= 4 is 27.7 Å². The lowest BCUT2D eigenvalue weighted by Crippen LogP contribution is -2.40. The summed E-state index contributed by atoms with van der Waals surface area (Å²) < 4.78 is 26.1. The van der Waals surface area contributed by atoms with Gasteiger partial charge in [0, 0.05) is 17.1 Å². The molecule has 0 spiro atoms. The molecule has 0 aliphatic carbocycles. The van der Waals surface area contributed by atoms with E-state index >= 15 is 0 Å². The maximum atomic E-state index is 12.1. The molecule has 1 unspecified atom stereocenters. The van der Waals surface area contributed by atoms with E-state index in [-0.39, 0.29) is 10.5 Å². The molecule has 0 bridgehead atoms. The summed E-state index contributed by atoms with van der Waals surface area (Å²) in [6, 6.07) is 3.18. The van der Waals surface area contributed by atoms with Gasteiger partial charge in [-0.25, -0.2) is 17.9 Å². The van der Waals surface area contributed by atoms with E-state index in [1.54, 1.807) is 0 Å². The minimum Gasteiger partial charge on any atom is -0.389 e. The highest BCUT2D eigenvalue weighted by Gasteiger charge is 2.23. The van der Waals surface area contributed by atoms with Crippen LogP contribution in [-0.2, 0) is 10.0 Å². The highest BCUT2D eigenvalue weighted by atomic mass is 35.5. The Kier molecular flexibility index (Phi) is 5.79. The summed E-state index contributed by atoms with van der Waals surface area (Å²) in [5.74, 6) is 0. The van der Waals surface area contributed by atoms with Gasteiger partial charge in [-0.1, -0.05) is 18.5 Å². The summed E-state index contributed by atoms with van der Waals surface area (Å²) in [4.78, 5) is 11.3. The van der Waals surface area contributed by atoms with Gasteiger partial charge in [-0.05, 0) is 31.5 Å². The van der Waals surface area contributed by atoms with Gasteiger partial charge in [0.1, 0.15) is 0 Å². The SMILES string of the molecule is CCCNC(=O)NS(=O)(=O)c1ccc(Cl)cc1C(C)O. The van der Waals surface area contributed by atoms with Crippen molar-refractivity contribution in [2.45, 2.75) is 31.3 Å². The maximum absolute atomic E-state index is 12.1. The largest absolute Gasteiger partial charge is 0.389 e. The van der Waals surface area contributed by atoms with Crippen molar-refractivity contribution in [1.29, 1.82) is 0 Å². The molecule has 0 fully saturated rings. The third kappa shape index (κ3) is 4.36. The first kappa shape index (κ1) is 16.7. The third-order valence-electron chi connectivity index (χ3n) is 2.47. The summed E-state index contributed by atoms with van der Waals surface area (Å²) >= 11 is 5.78. The fraction of sp³-hybridized carbons (Fsp3) is 0.417. The summed E-state index contributed by atoms with van der Waals surface area (Å²) in [5.41, 5.74) is 0.133. The van der Waals surface area contributed by atoms with Crippen molar-refractivity contribution in [1.82, 2.24) is 10.0 Å². The van der Waals surface area contributed by atoms with Crippen LogP contribution in [0.5, 0.6) is 0 Å². The minimum atomic E-state index is -4.06. The predicted octanol–water partition coefficient (Wildman–Crippen LogP) is 1.79. The van der Waals surface area contributed by atoms with E-state index in [9.17, 15) is 18.3 Å². The first-order chi connectivity index (χ1) is 9.27. The Morgan fingerprint density at radius 1 is 1.45 bits per heavy atom. The number of hydrogen-bond acceptors (Lipinski definition) is 4. The van der Waals surface area contributed by atoms with E-state index < -0.39 is 22.2 Å². The molecule has 6 nitrogen and oxygen atoms in total. The number of aliphatic hydroxyl groups excluding tert-OH is 1. The molecule has 1 aromatic carbocycles. The second-order valence-electron chi connectivity index (χ2n) is 4.22. The number of rotatable bonds is 5. The number of nitrogens with one attached hydrogen (secondary N) is 2. The van der Waals surface area contributed by atoms with Gasteiger partial charge < -0.3 is 10.4 Å². The lowest BCUT2D eigenvalue weighted by molar-refractivity contribution is 0.196. The smallest absolute Gasteiger partial charge is 0.328 e. The molecule has 0 aromatic heterocycles. The second kappa shape index (κ2) is 6.92. The molecule has 0 radical (unpaired) electrons. The van der Waals surface area contributed by atoms with Crippen LogP contribution in [0.15, 0.2) is 23.1 Å². The van der Waals surface area contributed by atoms with E-state index in [4.69, 9.17) is 11.6 Å². The zero-order chi connectivity index (χ0) is 15.3. The average Bonchev–Trinajstić information content (AvgIpc) is 2.35. The number of benzene rings is 1. The molecule has 1 rings (SSSR count). The number of aliphatic hydroxyl groups is 1. The van der Waals surface area contributed by atoms with Crippen LogP contribution in [0.1, 0.15) is 31.9 Å². The number of hydrogen-bond donors (Lipinski definition) is 3. The van der Waals surface area contributed by atoms with Crippen LogP contribution in [0.2, 0.25) is 5.02 Å². The predicted molar refractivity (Wildman–Crippen MR) is 76.1 cm³/mol. The van der Waals surface area contributed by atoms with Gasteiger partial charge in [-0.2, -0.15) is 0 Å². The van der Waals surface area contributed by atoms with Gasteiger partial charge in [0.05, 0.1) is 11.0 Å². The second-order valence-corrected chi connectivity index (χ2v) is 6.31. The van der Waals surface area contributed by atoms with Crippen LogP contribution in [0.3, 0.4) is 0 Å².